The van der Waals surface area contributed by atoms with Crippen molar-refractivity contribution in [3.05, 3.63) is 24.3 Å². The Morgan fingerprint density at radius 3 is 2.38 bits per heavy atom. The summed E-state index contributed by atoms with van der Waals surface area (Å²) in [6.45, 7) is 2.26. The molecule has 112 valence electrons. The van der Waals surface area contributed by atoms with E-state index >= 15 is 0 Å². The molecule has 5 nitrogen and oxygen atoms in total. The molecule has 2 fully saturated rings. The number of hydrogen-bond donors (Lipinski definition) is 2. The minimum Gasteiger partial charge on any atom is -0.372 e. The first-order valence-electron chi connectivity index (χ1n) is 7.65. The second-order valence-corrected chi connectivity index (χ2v) is 5.78. The molecule has 21 heavy (non-hydrogen) atoms. The van der Waals surface area contributed by atoms with Crippen LogP contribution in [-0.4, -0.2) is 31.4 Å². The average molecular weight is 287 g/mol. The molecule has 1 saturated heterocycles. The lowest BCUT2D eigenvalue weighted by Crippen LogP contribution is -2.33. The summed E-state index contributed by atoms with van der Waals surface area (Å²) in [4.78, 5) is 25.6. The van der Waals surface area contributed by atoms with Crippen molar-refractivity contribution >= 4 is 23.2 Å². The van der Waals surface area contributed by atoms with E-state index in [2.05, 4.69) is 15.5 Å². The molecule has 0 bridgehead atoms. The molecular formula is C16H21N3O2. The highest BCUT2D eigenvalue weighted by atomic mass is 16.2. The Hall–Kier alpha value is -2.04. The van der Waals surface area contributed by atoms with Gasteiger partial charge in [0.15, 0.2) is 0 Å². The summed E-state index contributed by atoms with van der Waals surface area (Å²) in [5, 5.41) is 5.46. The van der Waals surface area contributed by atoms with E-state index in [-0.39, 0.29) is 24.3 Å². The number of nitrogens with one attached hydrogen (secondary N) is 2. The molecule has 0 aromatic heterocycles. The third-order valence-corrected chi connectivity index (χ3v) is 3.99. The van der Waals surface area contributed by atoms with E-state index in [1.54, 1.807) is 0 Å². The van der Waals surface area contributed by atoms with E-state index in [9.17, 15) is 9.59 Å². The summed E-state index contributed by atoms with van der Waals surface area (Å²) in [6.07, 6.45) is 4.40. The fourth-order valence-corrected chi connectivity index (χ4v) is 2.59. The van der Waals surface area contributed by atoms with E-state index in [0.29, 0.717) is 0 Å². The normalized spacial score (nSPS) is 17.6. The molecule has 0 atom stereocenters. The Balaban J connectivity index is 1.47. The fraction of sp³-hybridized carbons (Fsp3) is 0.500. The van der Waals surface area contributed by atoms with Gasteiger partial charge in [0.25, 0.3) is 0 Å². The fourth-order valence-electron chi connectivity index (χ4n) is 2.59. The van der Waals surface area contributed by atoms with Crippen LogP contribution >= 0.6 is 0 Å². The van der Waals surface area contributed by atoms with Crippen molar-refractivity contribution in [3.63, 3.8) is 0 Å². The number of anilines is 2. The SMILES string of the molecule is O=C(CNC(=O)C1CC1)Nc1ccc(N2CCCC2)cc1. The van der Waals surface area contributed by atoms with Gasteiger partial charge in [-0.25, -0.2) is 0 Å². The van der Waals surface area contributed by atoms with Crippen LogP contribution in [0.25, 0.3) is 0 Å². The first-order chi connectivity index (χ1) is 10.2. The monoisotopic (exact) mass is 287 g/mol. The van der Waals surface area contributed by atoms with Gasteiger partial charge in [-0.3, -0.25) is 9.59 Å². The molecule has 0 spiro atoms. The number of amides is 2. The van der Waals surface area contributed by atoms with Crippen LogP contribution in [0.3, 0.4) is 0 Å². The van der Waals surface area contributed by atoms with Gasteiger partial charge >= 0.3 is 0 Å². The molecular weight excluding hydrogens is 266 g/mol. The van der Waals surface area contributed by atoms with Crippen LogP contribution in [-0.2, 0) is 9.59 Å². The highest BCUT2D eigenvalue weighted by molar-refractivity contribution is 5.95. The van der Waals surface area contributed by atoms with Crippen molar-refractivity contribution in [2.24, 2.45) is 5.92 Å². The minimum atomic E-state index is -0.182. The van der Waals surface area contributed by atoms with Crippen LogP contribution in [0.4, 0.5) is 11.4 Å². The molecule has 1 heterocycles. The summed E-state index contributed by atoms with van der Waals surface area (Å²) in [5.74, 6) is -0.0509. The van der Waals surface area contributed by atoms with Crippen LogP contribution in [0.2, 0.25) is 0 Å². The van der Waals surface area contributed by atoms with Crippen molar-refractivity contribution in [2.45, 2.75) is 25.7 Å². The third kappa shape index (κ3) is 3.74. The topological polar surface area (TPSA) is 61.4 Å². The first-order valence-corrected chi connectivity index (χ1v) is 7.65. The highest BCUT2D eigenvalue weighted by Gasteiger charge is 2.29. The number of benzene rings is 1. The Morgan fingerprint density at radius 1 is 1.10 bits per heavy atom. The minimum absolute atomic E-state index is 0.00506. The van der Waals surface area contributed by atoms with Crippen molar-refractivity contribution in [3.8, 4) is 0 Å². The zero-order chi connectivity index (χ0) is 14.7. The molecule has 5 heteroatoms. The predicted octanol–water partition coefficient (Wildman–Crippen LogP) is 1.75. The Kier molecular flexibility index (Phi) is 4.08. The molecule has 2 aliphatic rings. The van der Waals surface area contributed by atoms with Crippen LogP contribution in [0.15, 0.2) is 24.3 Å². The molecule has 1 aliphatic heterocycles. The lowest BCUT2D eigenvalue weighted by Gasteiger charge is -2.17. The molecule has 2 N–H and O–H groups in total. The lowest BCUT2D eigenvalue weighted by molar-refractivity contribution is -0.125. The first kappa shape index (κ1) is 13.9. The van der Waals surface area contributed by atoms with E-state index in [1.807, 2.05) is 24.3 Å². The van der Waals surface area contributed by atoms with Crippen molar-refractivity contribution in [1.29, 1.82) is 0 Å². The van der Waals surface area contributed by atoms with Gasteiger partial charge in [0.05, 0.1) is 6.54 Å². The maximum Gasteiger partial charge on any atom is 0.243 e. The van der Waals surface area contributed by atoms with Gasteiger partial charge in [-0.2, -0.15) is 0 Å². The van der Waals surface area contributed by atoms with Gasteiger partial charge in [0.1, 0.15) is 0 Å². The van der Waals surface area contributed by atoms with E-state index < -0.39 is 0 Å². The van der Waals surface area contributed by atoms with Gasteiger partial charge in [0.2, 0.25) is 11.8 Å². The van der Waals surface area contributed by atoms with E-state index in [0.717, 1.165) is 31.6 Å². The zero-order valence-electron chi connectivity index (χ0n) is 12.1. The Bertz CT molecular complexity index is 517. The number of hydrogen-bond acceptors (Lipinski definition) is 3. The van der Waals surface area contributed by atoms with Crippen molar-refractivity contribution < 1.29 is 9.59 Å². The summed E-state index contributed by atoms with van der Waals surface area (Å²) < 4.78 is 0. The van der Waals surface area contributed by atoms with Crippen LogP contribution in [0.5, 0.6) is 0 Å². The molecule has 1 aromatic carbocycles. The standard InChI is InChI=1S/C16H21N3O2/c20-15(11-17-16(21)12-3-4-12)18-13-5-7-14(8-6-13)19-9-1-2-10-19/h5-8,12H,1-4,9-11H2,(H,17,21)(H,18,20). The van der Waals surface area contributed by atoms with E-state index in [4.69, 9.17) is 0 Å². The van der Waals surface area contributed by atoms with Crippen molar-refractivity contribution in [1.82, 2.24) is 5.32 Å². The molecule has 1 aromatic rings. The summed E-state index contributed by atoms with van der Waals surface area (Å²) in [6, 6.07) is 7.88. The van der Waals surface area contributed by atoms with Crippen molar-refractivity contribution in [2.75, 3.05) is 29.9 Å². The van der Waals surface area contributed by atoms with Crippen LogP contribution < -0.4 is 15.5 Å². The summed E-state index contributed by atoms with van der Waals surface area (Å²) in [5.41, 5.74) is 1.97. The highest BCUT2D eigenvalue weighted by Crippen LogP contribution is 2.28. The molecule has 3 rings (SSSR count). The molecule has 2 amide bonds. The summed E-state index contributed by atoms with van der Waals surface area (Å²) in [7, 11) is 0. The van der Waals surface area contributed by atoms with Gasteiger partial charge in [-0.1, -0.05) is 0 Å². The maximum atomic E-state index is 11.8. The average Bonchev–Trinajstić information content (AvgIpc) is 3.21. The predicted molar refractivity (Wildman–Crippen MR) is 82.3 cm³/mol. The largest absolute Gasteiger partial charge is 0.372 e. The number of rotatable bonds is 5. The summed E-state index contributed by atoms with van der Waals surface area (Å²) >= 11 is 0. The van der Waals surface area contributed by atoms with Gasteiger partial charge in [-0.05, 0) is 49.9 Å². The van der Waals surface area contributed by atoms with Gasteiger partial charge in [-0.15, -0.1) is 0 Å². The smallest absolute Gasteiger partial charge is 0.243 e. The lowest BCUT2D eigenvalue weighted by atomic mass is 10.2. The number of carbonyl (C=O) groups excluding carboxylic acids is 2. The van der Waals surface area contributed by atoms with E-state index in [1.165, 1.54) is 18.5 Å². The van der Waals surface area contributed by atoms with Gasteiger partial charge < -0.3 is 15.5 Å². The third-order valence-electron chi connectivity index (χ3n) is 3.99. The maximum absolute atomic E-state index is 11.8. The molecule has 0 unspecified atom stereocenters. The number of carbonyl (C=O) groups is 2. The Morgan fingerprint density at radius 2 is 1.76 bits per heavy atom. The van der Waals surface area contributed by atoms with Crippen LogP contribution in [0.1, 0.15) is 25.7 Å². The number of nitrogens with zero attached hydrogens (tertiary/aromatic N) is 1. The van der Waals surface area contributed by atoms with Gasteiger partial charge in [0, 0.05) is 30.4 Å². The Labute approximate surface area is 124 Å². The molecule has 1 aliphatic carbocycles. The molecule has 1 saturated carbocycles. The zero-order valence-corrected chi connectivity index (χ0v) is 12.1. The second kappa shape index (κ2) is 6.16. The van der Waals surface area contributed by atoms with Crippen LogP contribution in [0, 0.1) is 5.92 Å². The quantitative estimate of drug-likeness (QED) is 0.867. The molecule has 0 radical (unpaired) electrons. The second-order valence-electron chi connectivity index (χ2n) is 5.78.